The van der Waals surface area contributed by atoms with Crippen LogP contribution in [-0.2, 0) is 16.3 Å². The van der Waals surface area contributed by atoms with Crippen LogP contribution in [0.5, 0.6) is 5.75 Å². The second-order valence-electron chi connectivity index (χ2n) is 6.92. The molecule has 5 nitrogen and oxygen atoms in total. The average molecular weight is 416 g/mol. The highest BCUT2D eigenvalue weighted by Crippen LogP contribution is 2.35. The van der Waals surface area contributed by atoms with E-state index in [1.54, 1.807) is 18.3 Å². The van der Waals surface area contributed by atoms with Crippen LogP contribution in [0.1, 0.15) is 17.2 Å². The van der Waals surface area contributed by atoms with Gasteiger partial charge in [0, 0.05) is 24.9 Å². The highest BCUT2D eigenvalue weighted by molar-refractivity contribution is 7.90. The number of fused-ring (bicyclic) bond motifs is 1. The number of aromatic nitrogens is 1. The van der Waals surface area contributed by atoms with Crippen molar-refractivity contribution in [3.05, 3.63) is 83.6 Å². The molecule has 1 aliphatic heterocycles. The third-order valence-corrected chi connectivity index (χ3v) is 5.93. The number of nitrogens with zero attached hydrogens (tertiary/aromatic N) is 1. The molecule has 8 heteroatoms. The van der Waals surface area contributed by atoms with Crippen molar-refractivity contribution in [3.8, 4) is 5.75 Å². The lowest BCUT2D eigenvalue weighted by atomic mass is 9.99. The fourth-order valence-corrected chi connectivity index (χ4v) is 4.00. The van der Waals surface area contributed by atoms with Crippen LogP contribution in [0.2, 0.25) is 0 Å². The Morgan fingerprint density at radius 2 is 1.90 bits per heavy atom. The smallest absolute Gasteiger partial charge is 0.175 e. The normalized spacial score (nSPS) is 16.7. The fourth-order valence-electron chi connectivity index (χ4n) is 3.37. The van der Waals surface area contributed by atoms with Gasteiger partial charge in [0.25, 0.3) is 0 Å². The van der Waals surface area contributed by atoms with Gasteiger partial charge in [-0.25, -0.2) is 22.2 Å². The molecule has 0 saturated heterocycles. The molecule has 4 rings (SSSR count). The summed E-state index contributed by atoms with van der Waals surface area (Å²) in [4.78, 5) is 4.48. The number of ether oxygens (including phenoxy) is 1. The summed E-state index contributed by atoms with van der Waals surface area (Å²) in [6, 6.07) is 12.9. The van der Waals surface area contributed by atoms with Crippen molar-refractivity contribution in [2.24, 2.45) is 0 Å². The first-order chi connectivity index (χ1) is 13.8. The Hall–Kier alpha value is -3.00. The maximum Gasteiger partial charge on any atom is 0.175 e. The molecule has 1 aromatic heterocycles. The molecule has 0 radical (unpaired) electrons. The molecule has 3 aromatic rings. The molecule has 2 atom stereocenters. The largest absolute Gasteiger partial charge is 0.480 e. The highest BCUT2D eigenvalue weighted by Gasteiger charge is 2.32. The molecule has 29 heavy (non-hydrogen) atoms. The quantitative estimate of drug-likeness (QED) is 0.683. The van der Waals surface area contributed by atoms with E-state index in [9.17, 15) is 17.2 Å². The van der Waals surface area contributed by atoms with E-state index in [0.29, 0.717) is 12.0 Å². The van der Waals surface area contributed by atoms with Gasteiger partial charge in [0.2, 0.25) is 0 Å². The zero-order valence-corrected chi connectivity index (χ0v) is 16.3. The van der Waals surface area contributed by atoms with Gasteiger partial charge in [0.15, 0.2) is 21.4 Å². The van der Waals surface area contributed by atoms with Gasteiger partial charge >= 0.3 is 0 Å². The molecule has 0 bridgehead atoms. The average Bonchev–Trinajstić information content (AvgIpc) is 3.11. The number of nitrogens with one attached hydrogen (secondary N) is 1. The van der Waals surface area contributed by atoms with Gasteiger partial charge in [-0.3, -0.25) is 0 Å². The zero-order valence-electron chi connectivity index (χ0n) is 15.5. The lowest BCUT2D eigenvalue weighted by Gasteiger charge is -2.26. The molecule has 1 N–H and O–H groups in total. The lowest BCUT2D eigenvalue weighted by molar-refractivity contribution is 0.175. The molecule has 2 unspecified atom stereocenters. The second kappa shape index (κ2) is 7.44. The molecule has 1 aliphatic rings. The number of sulfone groups is 1. The first-order valence-corrected chi connectivity index (χ1v) is 10.8. The van der Waals surface area contributed by atoms with Gasteiger partial charge in [-0.1, -0.05) is 18.2 Å². The first-order valence-electron chi connectivity index (χ1n) is 8.93. The van der Waals surface area contributed by atoms with Crippen LogP contribution in [0.3, 0.4) is 0 Å². The lowest BCUT2D eigenvalue weighted by Crippen LogP contribution is -2.29. The molecule has 150 valence electrons. The first kappa shape index (κ1) is 19.3. The van der Waals surface area contributed by atoms with Gasteiger partial charge in [-0.2, -0.15) is 0 Å². The van der Waals surface area contributed by atoms with Crippen LogP contribution < -0.4 is 10.1 Å². The van der Waals surface area contributed by atoms with Gasteiger partial charge in [-0.15, -0.1) is 0 Å². The summed E-state index contributed by atoms with van der Waals surface area (Å²) in [7, 11) is -3.35. The van der Waals surface area contributed by atoms with Crippen LogP contribution in [0, 0.1) is 11.6 Å². The van der Waals surface area contributed by atoms with Crippen molar-refractivity contribution < 1.29 is 21.9 Å². The number of hydrogen-bond acceptors (Lipinski definition) is 5. The van der Waals surface area contributed by atoms with Gasteiger partial charge < -0.3 is 10.1 Å². The Kier molecular flexibility index (Phi) is 4.96. The summed E-state index contributed by atoms with van der Waals surface area (Å²) in [5.41, 5.74) is 1.66. The number of anilines is 1. The van der Waals surface area contributed by atoms with Gasteiger partial charge in [-0.05, 0) is 41.5 Å². The molecule has 0 fully saturated rings. The monoisotopic (exact) mass is 416 g/mol. The summed E-state index contributed by atoms with van der Waals surface area (Å²) >= 11 is 0. The third kappa shape index (κ3) is 4.07. The van der Waals surface area contributed by atoms with Crippen molar-refractivity contribution in [2.45, 2.75) is 23.5 Å². The minimum atomic E-state index is -3.35. The highest BCUT2D eigenvalue weighted by atomic mass is 32.2. The van der Waals surface area contributed by atoms with Crippen LogP contribution in [-0.4, -0.2) is 25.7 Å². The van der Waals surface area contributed by atoms with E-state index >= 15 is 0 Å². The Labute approximate surface area is 167 Å². The van der Waals surface area contributed by atoms with E-state index in [4.69, 9.17) is 4.74 Å². The zero-order chi connectivity index (χ0) is 20.6. The minimum absolute atomic E-state index is 0.0886. The molecule has 0 spiro atoms. The maximum atomic E-state index is 14.2. The van der Waals surface area contributed by atoms with Crippen LogP contribution in [0.15, 0.2) is 65.7 Å². The van der Waals surface area contributed by atoms with Crippen molar-refractivity contribution >= 4 is 15.7 Å². The Morgan fingerprint density at radius 3 is 2.55 bits per heavy atom. The SMILES string of the molecule is CS(=O)(=O)c1ccc(C(Oc2ccc(F)cc2F)C2Cc3cccnc3N2)cc1. The number of halogens is 2. The summed E-state index contributed by atoms with van der Waals surface area (Å²) in [6.07, 6.45) is 2.73. The van der Waals surface area contributed by atoms with Crippen molar-refractivity contribution in [1.82, 2.24) is 4.98 Å². The number of pyridine rings is 1. The summed E-state index contributed by atoms with van der Waals surface area (Å²) in [5, 5.41) is 3.28. The summed E-state index contributed by atoms with van der Waals surface area (Å²) in [5.74, 6) is -0.872. The second-order valence-corrected chi connectivity index (χ2v) is 8.94. The van der Waals surface area contributed by atoms with Crippen LogP contribution >= 0.6 is 0 Å². The van der Waals surface area contributed by atoms with E-state index in [0.717, 1.165) is 29.8 Å². The number of hydrogen-bond donors (Lipinski definition) is 1. The predicted octanol–water partition coefficient (Wildman–Crippen LogP) is 3.92. The van der Waals surface area contributed by atoms with Gasteiger partial charge in [0.05, 0.1) is 10.9 Å². The van der Waals surface area contributed by atoms with E-state index < -0.39 is 27.6 Å². The molecule has 0 amide bonds. The Morgan fingerprint density at radius 1 is 1.14 bits per heavy atom. The number of rotatable bonds is 5. The molecule has 2 aromatic carbocycles. The van der Waals surface area contributed by atoms with Crippen molar-refractivity contribution in [3.63, 3.8) is 0 Å². The summed E-state index contributed by atoms with van der Waals surface area (Å²) < 4.78 is 56.9. The van der Waals surface area contributed by atoms with Crippen molar-refractivity contribution in [2.75, 3.05) is 11.6 Å². The minimum Gasteiger partial charge on any atom is -0.480 e. The molecule has 2 heterocycles. The van der Waals surface area contributed by atoms with E-state index in [1.165, 1.54) is 18.2 Å². The van der Waals surface area contributed by atoms with Crippen LogP contribution in [0.4, 0.5) is 14.6 Å². The van der Waals surface area contributed by atoms with Crippen LogP contribution in [0.25, 0.3) is 0 Å². The molecule has 0 saturated carbocycles. The Balaban J connectivity index is 1.69. The van der Waals surface area contributed by atoms with E-state index in [2.05, 4.69) is 10.3 Å². The fraction of sp³-hybridized carbons (Fsp3) is 0.190. The van der Waals surface area contributed by atoms with Crippen molar-refractivity contribution in [1.29, 1.82) is 0 Å². The third-order valence-electron chi connectivity index (χ3n) is 4.80. The Bertz CT molecular complexity index is 1130. The number of benzene rings is 2. The molecule has 0 aliphatic carbocycles. The topological polar surface area (TPSA) is 68.3 Å². The standard InChI is InChI=1S/C21H18F2N2O3S/c1-29(26,27)16-7-4-13(5-8-16)20(28-19-9-6-15(22)12-17(19)23)18-11-14-3-2-10-24-21(14)25-18/h2-10,12,18,20H,11H2,1H3,(H,24,25). The van der Waals surface area contributed by atoms with Gasteiger partial charge in [0.1, 0.15) is 17.7 Å². The van der Waals surface area contributed by atoms with E-state index in [-0.39, 0.29) is 16.7 Å². The summed E-state index contributed by atoms with van der Waals surface area (Å²) in [6.45, 7) is 0. The van der Waals surface area contributed by atoms with E-state index in [1.807, 2.05) is 12.1 Å². The molecular formula is C21H18F2N2O3S. The molecular weight excluding hydrogens is 398 g/mol. The maximum absolute atomic E-state index is 14.2. The predicted molar refractivity (Wildman–Crippen MR) is 105 cm³/mol.